The van der Waals surface area contributed by atoms with Crippen molar-refractivity contribution in [2.45, 2.75) is 6.18 Å². The minimum absolute atomic E-state index is 0.0746. The monoisotopic (exact) mass is 336 g/mol. The average Bonchev–Trinajstić information content (AvgIpc) is 2.73. The summed E-state index contributed by atoms with van der Waals surface area (Å²) < 4.78 is 48.8. The van der Waals surface area contributed by atoms with Crippen LogP contribution in [0.15, 0.2) is 27.2 Å². The zero-order valence-electron chi connectivity index (χ0n) is 9.58. The standard InChI is InChI=1S/C11H8BrF3N2O2/c1-18-10-6(8-4-9(16)17-19-8)2-5(12)3-7(10)11(13,14)15/h2-4H,1H3,(H2,16,17). The van der Waals surface area contributed by atoms with Gasteiger partial charge in [0.05, 0.1) is 18.2 Å². The van der Waals surface area contributed by atoms with Crippen molar-refractivity contribution in [3.8, 4) is 17.1 Å². The van der Waals surface area contributed by atoms with Crippen LogP contribution in [-0.4, -0.2) is 12.3 Å². The Morgan fingerprint density at radius 1 is 1.32 bits per heavy atom. The third kappa shape index (κ3) is 2.67. The number of nitrogens with two attached hydrogens (primary N) is 1. The summed E-state index contributed by atoms with van der Waals surface area (Å²) in [6.45, 7) is 0. The van der Waals surface area contributed by atoms with Crippen molar-refractivity contribution >= 4 is 21.7 Å². The number of hydrogen-bond donors (Lipinski definition) is 1. The molecule has 0 fully saturated rings. The number of methoxy groups -OCH3 is 1. The minimum Gasteiger partial charge on any atom is -0.495 e. The predicted molar refractivity (Wildman–Crippen MR) is 65.6 cm³/mol. The highest BCUT2D eigenvalue weighted by atomic mass is 79.9. The number of nitrogen functional groups attached to an aromatic ring is 1. The van der Waals surface area contributed by atoms with E-state index < -0.39 is 11.7 Å². The van der Waals surface area contributed by atoms with Gasteiger partial charge in [0.25, 0.3) is 0 Å². The van der Waals surface area contributed by atoms with Crippen LogP contribution >= 0.6 is 15.9 Å². The molecule has 1 aromatic heterocycles. The summed E-state index contributed by atoms with van der Waals surface area (Å²) in [6, 6.07) is 3.69. The predicted octanol–water partition coefficient (Wildman–Crippen LogP) is 3.71. The number of benzene rings is 1. The van der Waals surface area contributed by atoms with Crippen molar-refractivity contribution in [1.29, 1.82) is 0 Å². The van der Waals surface area contributed by atoms with E-state index in [-0.39, 0.29) is 27.4 Å². The number of anilines is 1. The second-order valence-electron chi connectivity index (χ2n) is 3.65. The summed E-state index contributed by atoms with van der Waals surface area (Å²) in [6.07, 6.45) is -4.55. The molecule has 0 saturated carbocycles. The highest BCUT2D eigenvalue weighted by Gasteiger charge is 2.36. The normalized spacial score (nSPS) is 11.6. The molecule has 102 valence electrons. The van der Waals surface area contributed by atoms with E-state index in [4.69, 9.17) is 15.0 Å². The number of nitrogens with zero attached hydrogens (tertiary/aromatic N) is 1. The van der Waals surface area contributed by atoms with Gasteiger partial charge in [-0.1, -0.05) is 21.1 Å². The molecule has 0 aliphatic carbocycles. The quantitative estimate of drug-likeness (QED) is 0.907. The Balaban J connectivity index is 2.70. The van der Waals surface area contributed by atoms with Gasteiger partial charge in [0.2, 0.25) is 0 Å². The molecule has 0 radical (unpaired) electrons. The summed E-state index contributed by atoms with van der Waals surface area (Å²) in [7, 11) is 1.15. The topological polar surface area (TPSA) is 61.3 Å². The lowest BCUT2D eigenvalue weighted by atomic mass is 10.1. The van der Waals surface area contributed by atoms with Crippen molar-refractivity contribution in [3.05, 3.63) is 28.2 Å². The first kappa shape index (κ1) is 13.7. The van der Waals surface area contributed by atoms with E-state index in [9.17, 15) is 13.2 Å². The fourth-order valence-electron chi connectivity index (χ4n) is 1.62. The largest absolute Gasteiger partial charge is 0.495 e. The van der Waals surface area contributed by atoms with Gasteiger partial charge in [0, 0.05) is 10.5 Å². The summed E-state index contributed by atoms with van der Waals surface area (Å²) in [5.74, 6) is -0.168. The average molecular weight is 337 g/mol. The molecule has 0 aliphatic rings. The molecule has 0 saturated heterocycles. The lowest BCUT2D eigenvalue weighted by Gasteiger charge is -2.15. The van der Waals surface area contributed by atoms with E-state index in [0.29, 0.717) is 0 Å². The van der Waals surface area contributed by atoms with Crippen LogP contribution in [0.25, 0.3) is 11.3 Å². The maximum Gasteiger partial charge on any atom is 0.420 e. The van der Waals surface area contributed by atoms with Crippen LogP contribution in [0.5, 0.6) is 5.75 Å². The molecule has 0 unspecified atom stereocenters. The molecule has 2 N–H and O–H groups in total. The molecule has 8 heteroatoms. The van der Waals surface area contributed by atoms with Gasteiger partial charge < -0.3 is 15.0 Å². The van der Waals surface area contributed by atoms with Crippen molar-refractivity contribution in [1.82, 2.24) is 5.16 Å². The second-order valence-corrected chi connectivity index (χ2v) is 4.56. The van der Waals surface area contributed by atoms with E-state index in [1.807, 2.05) is 0 Å². The fraction of sp³-hybridized carbons (Fsp3) is 0.182. The highest BCUT2D eigenvalue weighted by molar-refractivity contribution is 9.10. The van der Waals surface area contributed by atoms with Gasteiger partial charge in [-0.15, -0.1) is 0 Å². The van der Waals surface area contributed by atoms with E-state index in [0.717, 1.165) is 13.2 Å². The van der Waals surface area contributed by atoms with Crippen LogP contribution in [0, 0.1) is 0 Å². The lowest BCUT2D eigenvalue weighted by molar-refractivity contribution is -0.138. The molecule has 0 aliphatic heterocycles. The van der Waals surface area contributed by atoms with E-state index >= 15 is 0 Å². The van der Waals surface area contributed by atoms with Crippen LogP contribution in [0.3, 0.4) is 0 Å². The maximum absolute atomic E-state index is 12.9. The summed E-state index contributed by atoms with van der Waals surface area (Å²) in [5, 5.41) is 3.44. The van der Waals surface area contributed by atoms with E-state index in [1.165, 1.54) is 12.1 Å². The first-order chi connectivity index (χ1) is 8.82. The lowest BCUT2D eigenvalue weighted by Crippen LogP contribution is -2.08. The van der Waals surface area contributed by atoms with Crippen molar-refractivity contribution in [2.24, 2.45) is 0 Å². The van der Waals surface area contributed by atoms with Gasteiger partial charge >= 0.3 is 6.18 Å². The second kappa shape index (κ2) is 4.76. The molecule has 2 aromatic rings. The molecule has 0 bridgehead atoms. The first-order valence-electron chi connectivity index (χ1n) is 5.00. The number of hydrogen-bond acceptors (Lipinski definition) is 4. The molecular formula is C11H8BrF3N2O2. The number of rotatable bonds is 2. The molecule has 19 heavy (non-hydrogen) atoms. The highest BCUT2D eigenvalue weighted by Crippen LogP contribution is 2.44. The molecule has 4 nitrogen and oxygen atoms in total. The summed E-state index contributed by atoms with van der Waals surface area (Å²) in [5.41, 5.74) is 4.60. The van der Waals surface area contributed by atoms with Crippen LogP contribution in [0.4, 0.5) is 19.0 Å². The summed E-state index contributed by atoms with van der Waals surface area (Å²) in [4.78, 5) is 0. The van der Waals surface area contributed by atoms with Gasteiger partial charge in [-0.3, -0.25) is 0 Å². The number of alkyl halides is 3. The Kier molecular flexibility index (Phi) is 3.44. The Labute approximate surface area is 114 Å². The van der Waals surface area contributed by atoms with E-state index in [1.54, 1.807) is 0 Å². The van der Waals surface area contributed by atoms with Gasteiger partial charge in [0.15, 0.2) is 11.6 Å². The van der Waals surface area contributed by atoms with Crippen LogP contribution < -0.4 is 10.5 Å². The van der Waals surface area contributed by atoms with Crippen LogP contribution in [0.1, 0.15) is 5.56 Å². The summed E-state index contributed by atoms with van der Waals surface area (Å²) >= 11 is 3.02. The van der Waals surface area contributed by atoms with E-state index in [2.05, 4.69) is 21.1 Å². The molecule has 2 rings (SSSR count). The zero-order valence-corrected chi connectivity index (χ0v) is 11.2. The first-order valence-corrected chi connectivity index (χ1v) is 5.79. The van der Waals surface area contributed by atoms with Crippen molar-refractivity contribution in [2.75, 3.05) is 12.8 Å². The van der Waals surface area contributed by atoms with Gasteiger partial charge in [-0.05, 0) is 12.1 Å². The van der Waals surface area contributed by atoms with Crippen molar-refractivity contribution < 1.29 is 22.4 Å². The third-order valence-corrected chi connectivity index (χ3v) is 2.81. The Morgan fingerprint density at radius 2 is 2.00 bits per heavy atom. The van der Waals surface area contributed by atoms with Gasteiger partial charge in [-0.25, -0.2) is 0 Å². The third-order valence-electron chi connectivity index (χ3n) is 2.36. The molecule has 0 amide bonds. The molecule has 1 heterocycles. The SMILES string of the molecule is COc1c(-c2cc(N)no2)cc(Br)cc1C(F)(F)F. The van der Waals surface area contributed by atoms with Gasteiger partial charge in [-0.2, -0.15) is 13.2 Å². The molecule has 0 spiro atoms. The Morgan fingerprint density at radius 3 is 2.47 bits per heavy atom. The smallest absolute Gasteiger partial charge is 0.420 e. The van der Waals surface area contributed by atoms with Gasteiger partial charge in [0.1, 0.15) is 5.75 Å². The number of ether oxygens (including phenoxy) is 1. The van der Waals surface area contributed by atoms with Crippen LogP contribution in [0.2, 0.25) is 0 Å². The molecular weight excluding hydrogens is 329 g/mol. The number of halogens is 4. The molecule has 0 atom stereocenters. The Hall–Kier alpha value is -1.70. The minimum atomic E-state index is -4.55. The van der Waals surface area contributed by atoms with Crippen LogP contribution in [-0.2, 0) is 6.18 Å². The maximum atomic E-state index is 12.9. The molecule has 1 aromatic carbocycles. The fourth-order valence-corrected chi connectivity index (χ4v) is 2.08. The number of aromatic nitrogens is 1. The Bertz CT molecular complexity index is 610. The zero-order chi connectivity index (χ0) is 14.2. The van der Waals surface area contributed by atoms with Crippen molar-refractivity contribution in [3.63, 3.8) is 0 Å².